The summed E-state index contributed by atoms with van der Waals surface area (Å²) in [4.78, 5) is 21.8. The molecule has 0 saturated heterocycles. The average Bonchev–Trinajstić information content (AvgIpc) is 2.87. The van der Waals surface area contributed by atoms with Crippen molar-refractivity contribution in [2.45, 2.75) is 0 Å². The van der Waals surface area contributed by atoms with E-state index in [0.29, 0.717) is 11.2 Å². The Bertz CT molecular complexity index is 867. The van der Waals surface area contributed by atoms with Gasteiger partial charge in [0, 0.05) is 17.5 Å². The fourth-order valence-corrected chi connectivity index (χ4v) is 2.34. The van der Waals surface area contributed by atoms with Gasteiger partial charge in [0.05, 0.1) is 16.1 Å². The first-order valence-electron chi connectivity index (χ1n) is 6.16. The third-order valence-corrected chi connectivity index (χ3v) is 3.23. The zero-order chi connectivity index (χ0) is 15.0. The standard InChI is InChI=1S/C15H10N2O4/c18-15(19)14-8-10-4-1-2-7-13(10)16(14)11-5-3-6-12(9-11)17(20)21/h1-9H,(H,18,19). The number of aromatic carboxylic acids is 1. The van der Waals surface area contributed by atoms with Crippen LogP contribution in [0.5, 0.6) is 0 Å². The minimum absolute atomic E-state index is 0.0664. The maximum Gasteiger partial charge on any atom is 0.352 e. The molecule has 0 aliphatic heterocycles. The molecule has 0 bridgehead atoms. The topological polar surface area (TPSA) is 85.4 Å². The van der Waals surface area contributed by atoms with Crippen LogP contribution in [0.2, 0.25) is 0 Å². The first-order chi connectivity index (χ1) is 10.1. The lowest BCUT2D eigenvalue weighted by Gasteiger charge is -2.08. The number of para-hydroxylation sites is 1. The molecule has 1 heterocycles. The van der Waals surface area contributed by atoms with Gasteiger partial charge < -0.3 is 9.67 Å². The van der Waals surface area contributed by atoms with E-state index in [1.807, 2.05) is 6.07 Å². The number of non-ortho nitro benzene ring substituents is 1. The summed E-state index contributed by atoms with van der Waals surface area (Å²) in [6.07, 6.45) is 0. The Morgan fingerprint density at radius 3 is 2.57 bits per heavy atom. The van der Waals surface area contributed by atoms with E-state index in [4.69, 9.17) is 0 Å². The molecule has 0 unspecified atom stereocenters. The highest BCUT2D eigenvalue weighted by Crippen LogP contribution is 2.26. The van der Waals surface area contributed by atoms with E-state index in [2.05, 4.69) is 0 Å². The molecule has 0 spiro atoms. The lowest BCUT2D eigenvalue weighted by molar-refractivity contribution is -0.384. The van der Waals surface area contributed by atoms with Crippen LogP contribution in [0.1, 0.15) is 10.5 Å². The molecule has 0 saturated carbocycles. The maximum atomic E-state index is 11.4. The molecule has 0 atom stereocenters. The summed E-state index contributed by atoms with van der Waals surface area (Å²) >= 11 is 0. The van der Waals surface area contributed by atoms with Crippen molar-refractivity contribution in [3.63, 3.8) is 0 Å². The first-order valence-corrected chi connectivity index (χ1v) is 6.16. The van der Waals surface area contributed by atoms with Gasteiger partial charge in [-0.15, -0.1) is 0 Å². The first kappa shape index (κ1) is 12.9. The number of carboxylic acids is 1. The summed E-state index contributed by atoms with van der Waals surface area (Å²) in [6, 6.07) is 14.6. The van der Waals surface area contributed by atoms with Crippen LogP contribution in [0.15, 0.2) is 54.6 Å². The highest BCUT2D eigenvalue weighted by atomic mass is 16.6. The zero-order valence-electron chi connectivity index (χ0n) is 10.8. The molecule has 0 amide bonds. The molecule has 104 valence electrons. The number of hydrogen-bond acceptors (Lipinski definition) is 3. The van der Waals surface area contributed by atoms with Crippen molar-refractivity contribution in [1.82, 2.24) is 4.57 Å². The normalized spacial score (nSPS) is 10.7. The van der Waals surface area contributed by atoms with E-state index in [-0.39, 0.29) is 11.4 Å². The average molecular weight is 282 g/mol. The van der Waals surface area contributed by atoms with E-state index in [1.165, 1.54) is 22.8 Å². The Morgan fingerprint density at radius 2 is 1.86 bits per heavy atom. The number of aromatic nitrogens is 1. The lowest BCUT2D eigenvalue weighted by atomic mass is 10.2. The molecule has 3 rings (SSSR count). The van der Waals surface area contributed by atoms with E-state index < -0.39 is 10.9 Å². The van der Waals surface area contributed by atoms with E-state index in [0.717, 1.165) is 5.39 Å². The van der Waals surface area contributed by atoms with Crippen molar-refractivity contribution in [1.29, 1.82) is 0 Å². The summed E-state index contributed by atoms with van der Waals surface area (Å²) in [5.41, 5.74) is 1.12. The van der Waals surface area contributed by atoms with Crippen molar-refractivity contribution >= 4 is 22.6 Å². The van der Waals surface area contributed by atoms with E-state index in [9.17, 15) is 20.0 Å². The van der Waals surface area contributed by atoms with Crippen LogP contribution in [-0.4, -0.2) is 20.6 Å². The quantitative estimate of drug-likeness (QED) is 0.590. The number of fused-ring (bicyclic) bond motifs is 1. The second-order valence-corrected chi connectivity index (χ2v) is 4.51. The van der Waals surface area contributed by atoms with Gasteiger partial charge >= 0.3 is 5.97 Å². The van der Waals surface area contributed by atoms with Gasteiger partial charge in [0.25, 0.3) is 5.69 Å². The Kier molecular flexibility index (Phi) is 2.91. The SMILES string of the molecule is O=C(O)c1cc2ccccc2n1-c1cccc([N+](=O)[O-])c1. The van der Waals surface area contributed by atoms with Crippen LogP contribution in [0.4, 0.5) is 5.69 Å². The Labute approximate surface area is 119 Å². The molecular formula is C15H10N2O4. The van der Waals surface area contributed by atoms with Crippen LogP contribution in [0.3, 0.4) is 0 Å². The van der Waals surface area contributed by atoms with Crippen molar-refractivity contribution in [3.8, 4) is 5.69 Å². The van der Waals surface area contributed by atoms with Gasteiger partial charge in [0.15, 0.2) is 0 Å². The fraction of sp³-hybridized carbons (Fsp3) is 0. The van der Waals surface area contributed by atoms with Crippen molar-refractivity contribution in [2.75, 3.05) is 0 Å². The molecule has 0 aliphatic rings. The van der Waals surface area contributed by atoms with Crippen LogP contribution >= 0.6 is 0 Å². The van der Waals surface area contributed by atoms with Crippen LogP contribution in [0.25, 0.3) is 16.6 Å². The molecule has 0 radical (unpaired) electrons. The molecule has 1 N–H and O–H groups in total. The highest BCUT2D eigenvalue weighted by Gasteiger charge is 2.17. The predicted molar refractivity (Wildman–Crippen MR) is 76.9 cm³/mol. The molecule has 21 heavy (non-hydrogen) atoms. The summed E-state index contributed by atoms with van der Waals surface area (Å²) in [6.45, 7) is 0. The minimum atomic E-state index is -1.09. The molecule has 6 nitrogen and oxygen atoms in total. The van der Waals surface area contributed by atoms with Gasteiger partial charge in [0.2, 0.25) is 0 Å². The third-order valence-electron chi connectivity index (χ3n) is 3.23. The smallest absolute Gasteiger partial charge is 0.352 e. The number of nitro groups is 1. The van der Waals surface area contributed by atoms with Crippen LogP contribution < -0.4 is 0 Å². The third kappa shape index (κ3) is 2.12. The Balaban J connectivity index is 2.33. The van der Waals surface area contributed by atoms with Gasteiger partial charge in [-0.2, -0.15) is 0 Å². The largest absolute Gasteiger partial charge is 0.477 e. The second kappa shape index (κ2) is 4.75. The highest BCUT2D eigenvalue weighted by molar-refractivity contribution is 5.96. The van der Waals surface area contributed by atoms with Gasteiger partial charge in [-0.05, 0) is 18.2 Å². The summed E-state index contributed by atoms with van der Waals surface area (Å²) in [5, 5.41) is 21.0. The summed E-state index contributed by atoms with van der Waals surface area (Å²) in [7, 11) is 0. The molecular weight excluding hydrogens is 272 g/mol. The maximum absolute atomic E-state index is 11.4. The van der Waals surface area contributed by atoms with E-state index >= 15 is 0 Å². The van der Waals surface area contributed by atoms with Crippen LogP contribution in [-0.2, 0) is 0 Å². The minimum Gasteiger partial charge on any atom is -0.477 e. The van der Waals surface area contributed by atoms with Crippen molar-refractivity contribution in [2.24, 2.45) is 0 Å². The Morgan fingerprint density at radius 1 is 1.10 bits per heavy atom. The second-order valence-electron chi connectivity index (χ2n) is 4.51. The number of rotatable bonds is 3. The fourth-order valence-electron chi connectivity index (χ4n) is 2.34. The van der Waals surface area contributed by atoms with Gasteiger partial charge in [-0.1, -0.05) is 24.3 Å². The lowest BCUT2D eigenvalue weighted by Crippen LogP contribution is -2.06. The van der Waals surface area contributed by atoms with E-state index in [1.54, 1.807) is 30.3 Å². The van der Waals surface area contributed by atoms with Crippen molar-refractivity contribution < 1.29 is 14.8 Å². The monoisotopic (exact) mass is 282 g/mol. The predicted octanol–water partition coefficient (Wildman–Crippen LogP) is 3.24. The van der Waals surface area contributed by atoms with Gasteiger partial charge in [0.1, 0.15) is 5.69 Å². The zero-order valence-corrected chi connectivity index (χ0v) is 10.8. The summed E-state index contributed by atoms with van der Waals surface area (Å²) < 4.78 is 1.50. The Hall–Kier alpha value is -3.15. The van der Waals surface area contributed by atoms with Crippen LogP contribution in [0, 0.1) is 10.1 Å². The number of carboxylic acid groups (broad SMARTS) is 1. The molecule has 3 aromatic rings. The number of nitro benzene ring substituents is 1. The molecule has 6 heteroatoms. The van der Waals surface area contributed by atoms with Gasteiger partial charge in [-0.25, -0.2) is 4.79 Å². The molecule has 0 fully saturated rings. The molecule has 2 aromatic carbocycles. The summed E-state index contributed by atoms with van der Waals surface area (Å²) in [5.74, 6) is -1.09. The molecule has 0 aliphatic carbocycles. The number of benzene rings is 2. The number of nitrogens with zero attached hydrogens (tertiary/aromatic N) is 2. The number of carbonyl (C=O) groups is 1. The molecule has 1 aromatic heterocycles. The van der Waals surface area contributed by atoms with Crippen molar-refractivity contribution in [3.05, 3.63) is 70.4 Å². The number of hydrogen-bond donors (Lipinski definition) is 1. The van der Waals surface area contributed by atoms with Gasteiger partial charge in [-0.3, -0.25) is 10.1 Å².